The van der Waals surface area contributed by atoms with Crippen LogP contribution >= 0.6 is 31.9 Å². The molecule has 0 atom stereocenters. The molecule has 489 valence electrons. The number of aromatic nitrogens is 3. The Bertz CT molecular complexity index is 6780. The molecule has 103 heavy (non-hydrogen) atoms. The molecule has 7 heterocycles. The van der Waals surface area contributed by atoms with E-state index in [1.807, 2.05) is 72.8 Å². The van der Waals surface area contributed by atoms with Crippen LogP contribution in [0.1, 0.15) is 7.43 Å². The van der Waals surface area contributed by atoms with Crippen molar-refractivity contribution in [1.29, 1.82) is 0 Å². The lowest BCUT2D eigenvalue weighted by atomic mass is 9.99. The Kier molecular flexibility index (Phi) is 14.9. The number of rotatable bonds is 7. The molecule has 12 heteroatoms. The third-order valence-electron chi connectivity index (χ3n) is 19.9. The maximum Gasteiger partial charge on any atom is 0.569 e. The summed E-state index contributed by atoms with van der Waals surface area (Å²) in [4.78, 5) is 0. The summed E-state index contributed by atoms with van der Waals surface area (Å²) < 4.78 is 39.2. The fourth-order valence-electron chi connectivity index (χ4n) is 15.4. The van der Waals surface area contributed by atoms with Gasteiger partial charge in [-0.3, -0.25) is 0 Å². The first-order valence-corrected chi connectivity index (χ1v) is 35.2. The Morgan fingerprint density at radius 3 is 0.874 bits per heavy atom. The molecular weight excluding hydrogens is 1400 g/mol. The summed E-state index contributed by atoms with van der Waals surface area (Å²) >= 11 is 7.04. The molecule has 1 radical (unpaired) electrons. The van der Waals surface area contributed by atoms with Gasteiger partial charge in [0.2, 0.25) is 0 Å². The molecule has 0 aliphatic carbocycles. The minimum absolute atomic E-state index is 0. The van der Waals surface area contributed by atoms with Gasteiger partial charge >= 0.3 is 7.69 Å². The van der Waals surface area contributed by atoms with Crippen LogP contribution in [0.3, 0.4) is 0 Å². The van der Waals surface area contributed by atoms with Crippen LogP contribution in [-0.4, -0.2) is 26.4 Å². The maximum atomic E-state index is 8.84. The highest BCUT2D eigenvalue weighted by molar-refractivity contribution is 9.10. The molecule has 0 fully saturated rings. The van der Waals surface area contributed by atoms with Crippen LogP contribution in [0.15, 0.2) is 342 Å². The van der Waals surface area contributed by atoms with Crippen LogP contribution < -0.4 is 4.65 Å². The molecule has 22 aromatic rings. The van der Waals surface area contributed by atoms with Gasteiger partial charge in [-0.25, -0.2) is 0 Å². The van der Waals surface area contributed by atoms with E-state index in [0.29, 0.717) is 13.4 Å². The molecule has 7 aromatic heterocycles. The van der Waals surface area contributed by atoms with E-state index >= 15 is 0 Å². The van der Waals surface area contributed by atoms with E-state index in [2.05, 4.69) is 288 Å². The molecule has 22 rings (SSSR count). The highest BCUT2D eigenvalue weighted by Gasteiger charge is 2.21. The lowest BCUT2D eigenvalue weighted by Crippen LogP contribution is -1.99. The molecule has 0 amide bonds. The lowest BCUT2D eigenvalue weighted by Gasteiger charge is -2.08. The summed E-state index contributed by atoms with van der Waals surface area (Å²) in [5.74, 6) is 0.617. The monoisotopic (exact) mass is 1460 g/mol. The van der Waals surface area contributed by atoms with Crippen molar-refractivity contribution in [3.8, 4) is 45.1 Å². The first kappa shape index (κ1) is 61.7. The number of fused-ring (bicyclic) bond motifs is 21. The Morgan fingerprint density at radius 2 is 0.515 bits per heavy atom. The van der Waals surface area contributed by atoms with Gasteiger partial charge in [-0.1, -0.05) is 173 Å². The molecule has 0 unspecified atom stereocenters. The smallest absolute Gasteiger partial charge is 0.537 e. The van der Waals surface area contributed by atoms with Crippen molar-refractivity contribution in [2.45, 2.75) is 7.43 Å². The van der Waals surface area contributed by atoms with Gasteiger partial charge in [-0.15, -0.1) is 0 Å². The second kappa shape index (κ2) is 24.8. The SMILES string of the molecule is Brc1ccc2oc3cc4c(cc3c2c1)oc1ccc(Br)cc14.C.O[B]Oc1ccc2c(c1)c1ccccc1n2-c1ccccc1.c1ccc(-n2c3ccccc3c3cc(-c4ccc5oc6cc7c(cc6c5c4)oc4ccc(-c5ccc6c(c5)c5ccccc5n6-c5ccccc5)cc47)ccc32)cc1. The Balaban J connectivity index is 0.000000132. The van der Waals surface area contributed by atoms with Crippen molar-refractivity contribution < 1.29 is 27.3 Å². The third kappa shape index (κ3) is 10.3. The van der Waals surface area contributed by atoms with Gasteiger partial charge in [0.25, 0.3) is 0 Å². The standard InChI is InChI=1S/C54H32N2O2.C18H13BNO2.C18H8Br2O2.CH4/c1-3-11-37(12-4-1)55-47-17-9-7-15-39(47)41-27-33(19-23-49(41)55)35-21-25-51-43(29-35)45-31-54-46(32-53(45)57-51)44-30-36(22-26-52(44)58-54)34-20-24-50-42(28-34)40-16-8-10-18-48(40)56(50)38-13-5-2-6-14-38;21-19-22-14-10-11-18-16(12-14)15-8-4-5-9-17(15)20(18)13-6-2-1-3-7-13;19-9-1-3-15-11(5-9)13-7-18-14(8-17(13)21-15)12-6-10(20)2-4-16(12)22-18;/h1-32H;1-12,21H;1-8H;1H4. The fraction of sp³-hybridized carbons (Fsp3) is 0.0110. The van der Waals surface area contributed by atoms with Gasteiger partial charge in [0.1, 0.15) is 50.4 Å². The molecule has 0 saturated carbocycles. The van der Waals surface area contributed by atoms with Crippen molar-refractivity contribution in [3.05, 3.63) is 324 Å². The van der Waals surface area contributed by atoms with Crippen molar-refractivity contribution in [3.63, 3.8) is 0 Å². The molecule has 15 aromatic carbocycles. The second-order valence-electron chi connectivity index (χ2n) is 25.7. The maximum absolute atomic E-state index is 8.84. The molecule has 1 N–H and O–H groups in total. The van der Waals surface area contributed by atoms with Crippen LogP contribution in [0.5, 0.6) is 5.75 Å². The van der Waals surface area contributed by atoms with Crippen LogP contribution in [-0.2, 0) is 0 Å². The zero-order chi connectivity index (χ0) is 67.7. The Labute approximate surface area is 606 Å². The van der Waals surface area contributed by atoms with Gasteiger partial charge in [0.15, 0.2) is 0 Å². The first-order chi connectivity index (χ1) is 50.3. The molecule has 0 saturated heterocycles. The molecule has 0 spiro atoms. The molecule has 0 aliphatic rings. The number of halogens is 2. The number of hydrogen-bond donors (Lipinski definition) is 1. The zero-order valence-corrected chi connectivity index (χ0v) is 57.4. The van der Waals surface area contributed by atoms with E-state index < -0.39 is 0 Å². The van der Waals surface area contributed by atoms with E-state index in [4.69, 9.17) is 27.3 Å². The van der Waals surface area contributed by atoms with E-state index in [9.17, 15) is 0 Å². The van der Waals surface area contributed by atoms with E-state index in [1.165, 1.54) is 54.7 Å². The molecule has 0 aliphatic heterocycles. The minimum Gasteiger partial charge on any atom is -0.537 e. The second-order valence-corrected chi connectivity index (χ2v) is 27.6. The normalized spacial score (nSPS) is 11.8. The molecular formula is C91H57BBr2N3O6. The summed E-state index contributed by atoms with van der Waals surface area (Å²) in [6.07, 6.45) is 0. The average molecular weight is 1460 g/mol. The van der Waals surface area contributed by atoms with Crippen molar-refractivity contribution in [1.82, 2.24) is 13.7 Å². The number of benzene rings is 15. The highest BCUT2D eigenvalue weighted by Crippen LogP contribution is 2.44. The van der Waals surface area contributed by atoms with Gasteiger partial charge in [0, 0.05) is 101 Å². The van der Waals surface area contributed by atoms with Crippen molar-refractivity contribution in [2.75, 3.05) is 0 Å². The molecule has 0 bridgehead atoms. The van der Waals surface area contributed by atoms with Gasteiger partial charge in [-0.2, -0.15) is 0 Å². The predicted octanol–water partition coefficient (Wildman–Crippen LogP) is 26.3. The van der Waals surface area contributed by atoms with E-state index in [1.54, 1.807) is 0 Å². The van der Waals surface area contributed by atoms with E-state index in [0.717, 1.165) is 147 Å². The first-order valence-electron chi connectivity index (χ1n) is 33.7. The summed E-state index contributed by atoms with van der Waals surface area (Å²) in [7, 11) is 0.706. The van der Waals surface area contributed by atoms with Crippen molar-refractivity contribution >= 4 is 193 Å². The summed E-state index contributed by atoms with van der Waals surface area (Å²) in [6, 6.07) is 110. The Hall–Kier alpha value is -12.3. The fourth-order valence-corrected chi connectivity index (χ4v) is 16.1. The van der Waals surface area contributed by atoms with Crippen molar-refractivity contribution in [2.24, 2.45) is 0 Å². The van der Waals surface area contributed by atoms with Gasteiger partial charge in [-0.05, 0) is 204 Å². The summed E-state index contributed by atoms with van der Waals surface area (Å²) in [5, 5.41) is 24.6. The van der Waals surface area contributed by atoms with Gasteiger partial charge < -0.3 is 41.0 Å². The highest BCUT2D eigenvalue weighted by atomic mass is 79.9. The quantitative estimate of drug-likeness (QED) is 0.160. The number of nitrogens with zero attached hydrogens (tertiary/aromatic N) is 3. The van der Waals surface area contributed by atoms with Gasteiger partial charge in [0.05, 0.1) is 33.1 Å². The summed E-state index contributed by atoms with van der Waals surface area (Å²) in [6.45, 7) is 0. The average Bonchev–Trinajstić information content (AvgIpc) is 1.62. The Morgan fingerprint density at radius 1 is 0.243 bits per heavy atom. The number of para-hydroxylation sites is 6. The number of furan rings is 4. The zero-order valence-electron chi connectivity index (χ0n) is 54.2. The third-order valence-corrected chi connectivity index (χ3v) is 20.9. The van der Waals surface area contributed by atoms with Crippen LogP contribution in [0.2, 0.25) is 0 Å². The topological polar surface area (TPSA) is 96.8 Å². The predicted molar refractivity (Wildman–Crippen MR) is 433 cm³/mol. The molecule has 9 nitrogen and oxygen atoms in total. The van der Waals surface area contributed by atoms with Crippen LogP contribution in [0, 0.1) is 0 Å². The van der Waals surface area contributed by atoms with Crippen LogP contribution in [0.25, 0.3) is 192 Å². The van der Waals surface area contributed by atoms with E-state index in [-0.39, 0.29) is 7.43 Å². The number of hydrogen-bond acceptors (Lipinski definition) is 6. The summed E-state index contributed by atoms with van der Waals surface area (Å²) in [5.41, 5.74) is 22.1. The lowest BCUT2D eigenvalue weighted by molar-refractivity contribution is 0.454. The van der Waals surface area contributed by atoms with Crippen LogP contribution in [0.4, 0.5) is 0 Å². The minimum atomic E-state index is 0. The largest absolute Gasteiger partial charge is 0.569 e.